The van der Waals surface area contributed by atoms with Crippen LogP contribution in [0.3, 0.4) is 0 Å². The second kappa shape index (κ2) is 5.60. The van der Waals surface area contributed by atoms with E-state index >= 15 is 0 Å². The molecule has 2 N–H and O–H groups in total. The Labute approximate surface area is 138 Å². The van der Waals surface area contributed by atoms with Gasteiger partial charge < -0.3 is 14.6 Å². The minimum atomic E-state index is -1.20. The second-order valence-electron chi connectivity index (χ2n) is 5.16. The fourth-order valence-electron chi connectivity index (χ4n) is 2.44. The van der Waals surface area contributed by atoms with Gasteiger partial charge in [0.05, 0.1) is 11.9 Å². The van der Waals surface area contributed by atoms with Crippen LogP contribution in [0.15, 0.2) is 21.3 Å². The van der Waals surface area contributed by atoms with Crippen LogP contribution in [0.25, 0.3) is 10.2 Å². The van der Waals surface area contributed by atoms with Gasteiger partial charge in [0, 0.05) is 0 Å². The summed E-state index contributed by atoms with van der Waals surface area (Å²) < 4.78 is 6.50. The summed E-state index contributed by atoms with van der Waals surface area (Å²) in [5.41, 5.74) is -0.00792. The first-order valence-corrected chi connectivity index (χ1v) is 7.67. The Morgan fingerprint density at radius 3 is 2.54 bits per heavy atom. The average Bonchev–Trinajstić information content (AvgIpc) is 3.08. The van der Waals surface area contributed by atoms with Crippen molar-refractivity contribution >= 4 is 33.5 Å². The molecule has 0 spiro atoms. The first-order chi connectivity index (χ1) is 11.3. The van der Waals surface area contributed by atoms with Gasteiger partial charge in [-0.05, 0) is 31.5 Å². The number of aromatic nitrogens is 2. The van der Waals surface area contributed by atoms with Crippen LogP contribution < -0.4 is 5.56 Å². The van der Waals surface area contributed by atoms with Gasteiger partial charge in [-0.3, -0.25) is 9.36 Å². The summed E-state index contributed by atoms with van der Waals surface area (Å²) in [4.78, 5) is 39.6. The number of rotatable bonds is 4. The first kappa shape index (κ1) is 15.9. The van der Waals surface area contributed by atoms with Crippen LogP contribution in [0.4, 0.5) is 0 Å². The normalized spacial score (nSPS) is 11.1. The van der Waals surface area contributed by atoms with Gasteiger partial charge in [0.2, 0.25) is 5.76 Å². The van der Waals surface area contributed by atoms with Crippen molar-refractivity contribution in [3.63, 3.8) is 0 Å². The third kappa shape index (κ3) is 2.48. The second-order valence-corrected chi connectivity index (χ2v) is 6.16. The van der Waals surface area contributed by atoms with E-state index in [4.69, 9.17) is 9.52 Å². The van der Waals surface area contributed by atoms with Crippen LogP contribution in [-0.2, 0) is 6.54 Å². The summed E-state index contributed by atoms with van der Waals surface area (Å²) in [6.07, 6.45) is 0. The molecule has 0 radical (unpaired) electrons. The number of furan rings is 1. The number of thiophene rings is 1. The molecule has 0 unspecified atom stereocenters. The predicted octanol–water partition coefficient (Wildman–Crippen LogP) is 2.11. The Morgan fingerprint density at radius 1 is 1.25 bits per heavy atom. The fraction of sp³-hybridized carbons (Fsp3) is 0.200. The highest BCUT2D eigenvalue weighted by atomic mass is 32.1. The maximum atomic E-state index is 12.7. The molecule has 0 aliphatic heterocycles. The quantitative estimate of drug-likeness (QED) is 0.740. The van der Waals surface area contributed by atoms with Crippen molar-refractivity contribution in [2.75, 3.05) is 0 Å². The Balaban J connectivity index is 2.14. The molecule has 124 valence electrons. The lowest BCUT2D eigenvalue weighted by Gasteiger charge is -2.07. The van der Waals surface area contributed by atoms with Crippen molar-refractivity contribution in [1.82, 2.24) is 9.55 Å². The van der Waals surface area contributed by atoms with Crippen LogP contribution in [0.2, 0.25) is 0 Å². The van der Waals surface area contributed by atoms with E-state index in [2.05, 4.69) is 4.98 Å². The summed E-state index contributed by atoms with van der Waals surface area (Å²) in [7, 11) is 0. The van der Waals surface area contributed by atoms with Crippen molar-refractivity contribution in [1.29, 1.82) is 0 Å². The van der Waals surface area contributed by atoms with E-state index < -0.39 is 11.9 Å². The SMILES string of the molecule is Cc1c(C(=O)O)sc2nc(C)n(Cc3ccc(C(=O)O)o3)c(=O)c12. The minimum absolute atomic E-state index is 0.0125. The summed E-state index contributed by atoms with van der Waals surface area (Å²) in [5, 5.41) is 18.3. The van der Waals surface area contributed by atoms with Crippen LogP contribution >= 0.6 is 11.3 Å². The van der Waals surface area contributed by atoms with Crippen LogP contribution in [0.5, 0.6) is 0 Å². The number of carboxylic acids is 2. The molecule has 9 heteroatoms. The number of carbonyl (C=O) groups is 2. The average molecular weight is 348 g/mol. The molecule has 24 heavy (non-hydrogen) atoms. The smallest absolute Gasteiger partial charge is 0.371 e. The van der Waals surface area contributed by atoms with E-state index in [1.807, 2.05) is 0 Å². The Morgan fingerprint density at radius 2 is 1.96 bits per heavy atom. The van der Waals surface area contributed by atoms with Crippen molar-refractivity contribution in [3.8, 4) is 0 Å². The molecule has 8 nitrogen and oxygen atoms in total. The standard InChI is InChI=1S/C15H12N2O6S/c1-6-10-12(24-11(6)15(21)22)16-7(2)17(13(10)18)5-8-3-4-9(23-8)14(19)20/h3-4H,5H2,1-2H3,(H,19,20)(H,21,22). The van der Waals surface area contributed by atoms with Gasteiger partial charge in [-0.1, -0.05) is 0 Å². The van der Waals surface area contributed by atoms with Gasteiger partial charge in [-0.15, -0.1) is 11.3 Å². The third-order valence-electron chi connectivity index (χ3n) is 3.62. The van der Waals surface area contributed by atoms with Crippen molar-refractivity contribution in [3.05, 3.63) is 50.3 Å². The van der Waals surface area contributed by atoms with Crippen molar-refractivity contribution < 1.29 is 24.2 Å². The zero-order chi connectivity index (χ0) is 17.6. The minimum Gasteiger partial charge on any atom is -0.477 e. The number of nitrogens with zero attached hydrogens (tertiary/aromatic N) is 2. The molecule has 0 aliphatic rings. The number of fused-ring (bicyclic) bond motifs is 1. The molecule has 0 aromatic carbocycles. The lowest BCUT2D eigenvalue weighted by molar-refractivity contribution is 0.0657. The lowest BCUT2D eigenvalue weighted by atomic mass is 10.2. The van der Waals surface area contributed by atoms with Crippen molar-refractivity contribution in [2.45, 2.75) is 20.4 Å². The summed E-state index contributed by atoms with van der Waals surface area (Å²) in [6, 6.07) is 2.78. The van der Waals surface area contributed by atoms with E-state index in [0.717, 1.165) is 11.3 Å². The number of hydrogen-bond acceptors (Lipinski definition) is 6. The summed E-state index contributed by atoms with van der Waals surface area (Å²) in [6.45, 7) is 3.20. The largest absolute Gasteiger partial charge is 0.477 e. The molecule has 0 saturated heterocycles. The van der Waals surface area contributed by atoms with Crippen LogP contribution in [-0.4, -0.2) is 31.7 Å². The molecular formula is C15H12N2O6S. The number of aryl methyl sites for hydroxylation is 2. The molecule has 0 aliphatic carbocycles. The van der Waals surface area contributed by atoms with Gasteiger partial charge in [0.25, 0.3) is 5.56 Å². The van der Waals surface area contributed by atoms with E-state index in [9.17, 15) is 19.5 Å². The highest BCUT2D eigenvalue weighted by molar-refractivity contribution is 7.20. The van der Waals surface area contributed by atoms with Crippen molar-refractivity contribution in [2.24, 2.45) is 0 Å². The zero-order valence-electron chi connectivity index (χ0n) is 12.7. The topological polar surface area (TPSA) is 123 Å². The van der Waals surface area contributed by atoms with Gasteiger partial charge in [0.1, 0.15) is 21.3 Å². The zero-order valence-corrected chi connectivity index (χ0v) is 13.5. The molecule has 0 fully saturated rings. The molecule has 0 amide bonds. The van der Waals surface area contributed by atoms with Gasteiger partial charge >= 0.3 is 11.9 Å². The number of carboxylic acid groups (broad SMARTS) is 2. The van der Waals surface area contributed by atoms with E-state index in [-0.39, 0.29) is 28.1 Å². The molecule has 0 atom stereocenters. The maximum absolute atomic E-state index is 12.7. The van der Waals surface area contributed by atoms with E-state index in [1.165, 1.54) is 16.7 Å². The van der Waals surface area contributed by atoms with E-state index in [1.54, 1.807) is 13.8 Å². The Hall–Kier alpha value is -2.94. The van der Waals surface area contributed by atoms with Gasteiger partial charge in [-0.2, -0.15) is 0 Å². The van der Waals surface area contributed by atoms with Gasteiger partial charge in [-0.25, -0.2) is 14.6 Å². The summed E-state index contributed by atoms with van der Waals surface area (Å²) >= 11 is 0.958. The molecule has 3 aromatic heterocycles. The van der Waals surface area contributed by atoms with Crippen LogP contribution in [0, 0.1) is 13.8 Å². The Kier molecular flexibility index (Phi) is 3.72. The first-order valence-electron chi connectivity index (χ1n) is 6.85. The monoisotopic (exact) mass is 348 g/mol. The fourth-order valence-corrected chi connectivity index (χ4v) is 3.50. The molecule has 0 saturated carbocycles. The predicted molar refractivity (Wildman–Crippen MR) is 85.1 cm³/mol. The summed E-state index contributed by atoms with van der Waals surface area (Å²) in [5.74, 6) is -1.83. The maximum Gasteiger partial charge on any atom is 0.371 e. The number of hydrogen-bond donors (Lipinski definition) is 2. The highest BCUT2D eigenvalue weighted by Gasteiger charge is 2.20. The van der Waals surface area contributed by atoms with E-state index in [0.29, 0.717) is 22.0 Å². The molecule has 3 rings (SSSR count). The van der Waals surface area contributed by atoms with Crippen LogP contribution in [0.1, 0.15) is 37.4 Å². The van der Waals surface area contributed by atoms with Gasteiger partial charge in [0.15, 0.2) is 0 Å². The third-order valence-corrected chi connectivity index (χ3v) is 4.80. The Bertz CT molecular complexity index is 1040. The lowest BCUT2D eigenvalue weighted by Crippen LogP contribution is -2.24. The molecule has 0 bridgehead atoms. The number of aromatic carboxylic acids is 2. The molecule has 3 heterocycles. The highest BCUT2D eigenvalue weighted by Crippen LogP contribution is 2.27. The molecule has 3 aromatic rings. The molecular weight excluding hydrogens is 336 g/mol.